The molecule has 0 radical (unpaired) electrons. The van der Waals surface area contributed by atoms with Gasteiger partial charge < -0.3 is 4.57 Å². The third kappa shape index (κ3) is 4.54. The average molecular weight is 375 g/mol. The number of carbonyl (C=O) groups is 2. The zero-order chi connectivity index (χ0) is 20.1. The number of hydrogen-bond donors (Lipinski definition) is 2. The van der Waals surface area contributed by atoms with Crippen LogP contribution in [0.15, 0.2) is 71.7 Å². The molecule has 6 heteroatoms. The number of hydrogen-bond acceptors (Lipinski definition) is 3. The Balaban J connectivity index is 1.68. The summed E-state index contributed by atoms with van der Waals surface area (Å²) in [4.78, 5) is 36.7. The maximum atomic E-state index is 12.4. The molecule has 0 aliphatic heterocycles. The van der Waals surface area contributed by atoms with Gasteiger partial charge in [0.25, 0.3) is 17.4 Å². The molecule has 0 atom stereocenters. The van der Waals surface area contributed by atoms with Gasteiger partial charge in [-0.15, -0.1) is 0 Å². The van der Waals surface area contributed by atoms with E-state index >= 15 is 0 Å². The second-order valence-corrected chi connectivity index (χ2v) is 6.58. The third-order valence-electron chi connectivity index (χ3n) is 4.50. The first-order valence-electron chi connectivity index (χ1n) is 8.86. The molecule has 6 nitrogen and oxygen atoms in total. The molecular weight excluding hydrogens is 354 g/mol. The molecular formula is C22H21N3O3. The van der Waals surface area contributed by atoms with E-state index in [2.05, 4.69) is 10.9 Å². The van der Waals surface area contributed by atoms with Crippen LogP contribution in [0.4, 0.5) is 0 Å². The van der Waals surface area contributed by atoms with Gasteiger partial charge in [0.2, 0.25) is 0 Å². The summed E-state index contributed by atoms with van der Waals surface area (Å²) >= 11 is 0. The van der Waals surface area contributed by atoms with Crippen LogP contribution >= 0.6 is 0 Å². The predicted molar refractivity (Wildman–Crippen MR) is 107 cm³/mol. The molecule has 2 amide bonds. The molecule has 3 rings (SSSR count). The highest BCUT2D eigenvalue weighted by molar-refractivity contribution is 5.99. The van der Waals surface area contributed by atoms with E-state index in [0.717, 1.165) is 16.7 Å². The third-order valence-corrected chi connectivity index (χ3v) is 4.50. The first-order valence-corrected chi connectivity index (χ1v) is 8.86. The fraction of sp³-hybridized carbons (Fsp3) is 0.136. The first kappa shape index (κ1) is 19.1. The van der Waals surface area contributed by atoms with Gasteiger partial charge in [-0.2, -0.15) is 0 Å². The number of rotatable bonds is 4. The minimum atomic E-state index is -0.501. The predicted octanol–water partition coefficient (Wildman–Crippen LogP) is 2.59. The van der Waals surface area contributed by atoms with Crippen LogP contribution in [0, 0.1) is 13.8 Å². The summed E-state index contributed by atoms with van der Waals surface area (Å²) in [5.41, 5.74) is 8.34. The summed E-state index contributed by atoms with van der Waals surface area (Å²) in [5, 5.41) is 0. The maximum absolute atomic E-state index is 12.4. The van der Waals surface area contributed by atoms with Crippen LogP contribution in [0.1, 0.15) is 37.4 Å². The second-order valence-electron chi connectivity index (χ2n) is 6.58. The van der Waals surface area contributed by atoms with Crippen LogP contribution in [-0.4, -0.2) is 16.4 Å². The van der Waals surface area contributed by atoms with Crippen molar-refractivity contribution in [3.8, 4) is 0 Å². The van der Waals surface area contributed by atoms with E-state index < -0.39 is 11.8 Å². The van der Waals surface area contributed by atoms with Gasteiger partial charge >= 0.3 is 0 Å². The molecule has 0 aliphatic carbocycles. The summed E-state index contributed by atoms with van der Waals surface area (Å²) in [6.45, 7) is 4.24. The number of aromatic nitrogens is 1. The number of pyridine rings is 1. The van der Waals surface area contributed by atoms with E-state index in [9.17, 15) is 14.4 Å². The largest absolute Gasteiger partial charge is 0.310 e. The highest BCUT2D eigenvalue weighted by Gasteiger charge is 2.11. The number of aryl methyl sites for hydroxylation is 2. The molecule has 28 heavy (non-hydrogen) atoms. The number of benzene rings is 2. The quantitative estimate of drug-likeness (QED) is 0.688. The van der Waals surface area contributed by atoms with Crippen molar-refractivity contribution in [2.75, 3.05) is 0 Å². The van der Waals surface area contributed by atoms with E-state index in [1.807, 2.05) is 50.2 Å². The van der Waals surface area contributed by atoms with Crippen molar-refractivity contribution in [2.24, 2.45) is 0 Å². The van der Waals surface area contributed by atoms with Crippen LogP contribution in [0.25, 0.3) is 0 Å². The highest BCUT2D eigenvalue weighted by Crippen LogP contribution is 2.09. The van der Waals surface area contributed by atoms with E-state index in [0.29, 0.717) is 12.1 Å². The van der Waals surface area contributed by atoms with Crippen LogP contribution in [0.5, 0.6) is 0 Å². The molecule has 142 valence electrons. The van der Waals surface area contributed by atoms with Crippen LogP contribution in [0.2, 0.25) is 0 Å². The molecule has 2 N–H and O–H groups in total. The summed E-state index contributed by atoms with van der Waals surface area (Å²) in [5.74, 6) is -0.909. The smallest absolute Gasteiger partial charge is 0.271 e. The minimum absolute atomic E-state index is 0.209. The lowest BCUT2D eigenvalue weighted by Crippen LogP contribution is -2.42. The summed E-state index contributed by atoms with van der Waals surface area (Å²) in [6, 6.07) is 17.6. The normalized spacial score (nSPS) is 10.4. The van der Waals surface area contributed by atoms with Gasteiger partial charge in [-0.1, -0.05) is 36.4 Å². The van der Waals surface area contributed by atoms with Crippen molar-refractivity contribution >= 4 is 11.8 Å². The van der Waals surface area contributed by atoms with Gasteiger partial charge in [-0.05, 0) is 48.7 Å². The standard InChI is InChI=1S/C22H21N3O3/c1-15-8-9-18(12-16(15)2)21(27)23-24-22(28)19-10-11-20(26)25(14-19)13-17-6-4-3-5-7-17/h3-12,14H,13H2,1-2H3,(H,23,27)(H,24,28). The molecule has 0 spiro atoms. The fourth-order valence-corrected chi connectivity index (χ4v) is 2.71. The van der Waals surface area contributed by atoms with Gasteiger partial charge in [-0.25, -0.2) is 0 Å². The van der Waals surface area contributed by atoms with Crippen molar-refractivity contribution in [3.63, 3.8) is 0 Å². The lowest BCUT2D eigenvalue weighted by molar-refractivity contribution is 0.0846. The molecule has 0 saturated carbocycles. The molecule has 0 saturated heterocycles. The zero-order valence-electron chi connectivity index (χ0n) is 15.7. The van der Waals surface area contributed by atoms with E-state index in [1.165, 1.54) is 22.9 Å². The maximum Gasteiger partial charge on any atom is 0.271 e. The fourth-order valence-electron chi connectivity index (χ4n) is 2.71. The molecule has 0 aliphatic rings. The monoisotopic (exact) mass is 375 g/mol. The second kappa shape index (κ2) is 8.35. The Morgan fingerprint density at radius 2 is 1.46 bits per heavy atom. The van der Waals surface area contributed by atoms with Crippen molar-refractivity contribution < 1.29 is 9.59 Å². The molecule has 0 fully saturated rings. The number of nitrogens with one attached hydrogen (secondary N) is 2. The molecule has 3 aromatic rings. The summed E-state index contributed by atoms with van der Waals surface area (Å²) in [6.07, 6.45) is 1.48. The van der Waals surface area contributed by atoms with Crippen molar-refractivity contribution in [1.82, 2.24) is 15.4 Å². The average Bonchev–Trinajstić information content (AvgIpc) is 2.70. The minimum Gasteiger partial charge on any atom is -0.310 e. The van der Waals surface area contributed by atoms with Crippen LogP contribution < -0.4 is 16.4 Å². The van der Waals surface area contributed by atoms with Gasteiger partial charge in [0.1, 0.15) is 0 Å². The van der Waals surface area contributed by atoms with Gasteiger partial charge in [-0.3, -0.25) is 25.2 Å². The molecule has 0 unspecified atom stereocenters. The number of hydrazine groups is 1. The highest BCUT2D eigenvalue weighted by atomic mass is 16.2. The Kier molecular flexibility index (Phi) is 5.69. The van der Waals surface area contributed by atoms with Gasteiger partial charge in [0, 0.05) is 17.8 Å². The lowest BCUT2D eigenvalue weighted by Gasteiger charge is -2.11. The van der Waals surface area contributed by atoms with Crippen molar-refractivity contribution in [3.05, 3.63) is 105 Å². The summed E-state index contributed by atoms with van der Waals surface area (Å²) < 4.78 is 1.45. The Labute approximate surface area is 162 Å². The van der Waals surface area contributed by atoms with E-state index in [1.54, 1.807) is 12.1 Å². The van der Waals surface area contributed by atoms with Crippen LogP contribution in [-0.2, 0) is 6.54 Å². The molecule has 1 heterocycles. The molecule has 2 aromatic carbocycles. The number of nitrogens with zero attached hydrogens (tertiary/aromatic N) is 1. The van der Waals surface area contributed by atoms with E-state index in [4.69, 9.17) is 0 Å². The van der Waals surface area contributed by atoms with Crippen LogP contribution in [0.3, 0.4) is 0 Å². The van der Waals surface area contributed by atoms with Crippen molar-refractivity contribution in [2.45, 2.75) is 20.4 Å². The molecule has 0 bridgehead atoms. The van der Waals surface area contributed by atoms with Gasteiger partial charge in [0.05, 0.1) is 12.1 Å². The Morgan fingerprint density at radius 3 is 2.14 bits per heavy atom. The number of amides is 2. The SMILES string of the molecule is Cc1ccc(C(=O)NNC(=O)c2ccc(=O)n(Cc3ccccc3)c2)cc1C. The lowest BCUT2D eigenvalue weighted by atomic mass is 10.1. The van der Waals surface area contributed by atoms with Gasteiger partial charge in [0.15, 0.2) is 0 Å². The first-order chi connectivity index (χ1) is 13.4. The number of carbonyl (C=O) groups excluding carboxylic acids is 2. The Morgan fingerprint density at radius 1 is 0.821 bits per heavy atom. The molecule has 1 aromatic heterocycles. The summed E-state index contributed by atoms with van der Waals surface area (Å²) in [7, 11) is 0. The Hall–Kier alpha value is -3.67. The van der Waals surface area contributed by atoms with Crippen molar-refractivity contribution in [1.29, 1.82) is 0 Å². The van der Waals surface area contributed by atoms with E-state index in [-0.39, 0.29) is 11.1 Å². The zero-order valence-corrected chi connectivity index (χ0v) is 15.7. The topological polar surface area (TPSA) is 80.2 Å². The Bertz CT molecular complexity index is 1070.